The van der Waals surface area contributed by atoms with Crippen molar-refractivity contribution in [3.63, 3.8) is 0 Å². The van der Waals surface area contributed by atoms with E-state index in [2.05, 4.69) is 0 Å². The van der Waals surface area contributed by atoms with Gasteiger partial charge in [-0.25, -0.2) is 4.90 Å². The Hall–Kier alpha value is -2.88. The van der Waals surface area contributed by atoms with Crippen molar-refractivity contribution in [2.24, 2.45) is 0 Å². The van der Waals surface area contributed by atoms with E-state index in [1.165, 1.54) is 0 Å². The standard InChI is InChI=1S/C20H19NO3/c1-11-5-8-16(14(4)9-11)21-19(23)17(18(22)20(21)24)15-7-6-12(2)13(3)10-15/h5-10,22H,1-4H3. The van der Waals surface area contributed by atoms with Crippen LogP contribution in [0.1, 0.15) is 27.8 Å². The maximum absolute atomic E-state index is 12.8. The Morgan fingerprint density at radius 3 is 2.12 bits per heavy atom. The van der Waals surface area contributed by atoms with E-state index in [1.807, 2.05) is 52.0 Å². The van der Waals surface area contributed by atoms with Crippen molar-refractivity contribution in [3.8, 4) is 0 Å². The van der Waals surface area contributed by atoms with Crippen LogP contribution in [0.5, 0.6) is 0 Å². The number of nitrogens with zero attached hydrogens (tertiary/aromatic N) is 1. The summed E-state index contributed by atoms with van der Waals surface area (Å²) in [4.78, 5) is 26.4. The Morgan fingerprint density at radius 2 is 1.50 bits per heavy atom. The predicted octanol–water partition coefficient (Wildman–Crippen LogP) is 3.76. The second-order valence-corrected chi connectivity index (χ2v) is 6.26. The Morgan fingerprint density at radius 1 is 0.792 bits per heavy atom. The van der Waals surface area contributed by atoms with Crippen LogP contribution >= 0.6 is 0 Å². The van der Waals surface area contributed by atoms with Crippen LogP contribution < -0.4 is 4.90 Å². The minimum absolute atomic E-state index is 0.0584. The monoisotopic (exact) mass is 321 g/mol. The summed E-state index contributed by atoms with van der Waals surface area (Å²) in [6.45, 7) is 7.69. The molecule has 0 aliphatic carbocycles. The number of amides is 2. The molecule has 0 bridgehead atoms. The fraction of sp³-hybridized carbons (Fsp3) is 0.200. The van der Waals surface area contributed by atoms with Gasteiger partial charge in [0.25, 0.3) is 5.91 Å². The summed E-state index contributed by atoms with van der Waals surface area (Å²) < 4.78 is 0. The van der Waals surface area contributed by atoms with Gasteiger partial charge in [-0.15, -0.1) is 0 Å². The minimum Gasteiger partial charge on any atom is -0.502 e. The summed E-state index contributed by atoms with van der Waals surface area (Å²) in [5, 5.41) is 10.3. The molecule has 3 rings (SSSR count). The molecule has 1 heterocycles. The zero-order chi connectivity index (χ0) is 17.6. The molecule has 0 atom stereocenters. The van der Waals surface area contributed by atoms with Crippen LogP contribution in [-0.2, 0) is 9.59 Å². The first-order valence-corrected chi connectivity index (χ1v) is 7.78. The van der Waals surface area contributed by atoms with Crippen molar-refractivity contribution in [1.29, 1.82) is 0 Å². The quantitative estimate of drug-likeness (QED) is 0.857. The second-order valence-electron chi connectivity index (χ2n) is 6.26. The molecule has 0 fully saturated rings. The van der Waals surface area contributed by atoms with Gasteiger partial charge in [0.2, 0.25) is 0 Å². The van der Waals surface area contributed by atoms with E-state index in [0.717, 1.165) is 27.2 Å². The second kappa shape index (κ2) is 5.64. The van der Waals surface area contributed by atoms with Crippen LogP contribution in [0.15, 0.2) is 42.2 Å². The number of imide groups is 1. The Balaban J connectivity index is 2.09. The molecule has 24 heavy (non-hydrogen) atoms. The minimum atomic E-state index is -0.680. The number of aliphatic hydroxyl groups excluding tert-OH is 1. The number of carbonyl (C=O) groups is 2. The average molecular weight is 321 g/mol. The zero-order valence-electron chi connectivity index (χ0n) is 14.2. The molecule has 2 amide bonds. The largest absolute Gasteiger partial charge is 0.502 e. The molecule has 2 aromatic rings. The summed E-state index contributed by atoms with van der Waals surface area (Å²) >= 11 is 0. The van der Waals surface area contributed by atoms with Crippen LogP contribution in [0.4, 0.5) is 5.69 Å². The van der Waals surface area contributed by atoms with Gasteiger partial charge in [-0.2, -0.15) is 0 Å². The number of aliphatic hydroxyl groups is 1. The highest BCUT2D eigenvalue weighted by molar-refractivity contribution is 6.45. The molecule has 122 valence electrons. The maximum Gasteiger partial charge on any atom is 0.301 e. The molecule has 4 heteroatoms. The molecule has 0 radical (unpaired) electrons. The lowest BCUT2D eigenvalue weighted by Gasteiger charge is -2.17. The number of hydrogen-bond donors (Lipinski definition) is 1. The third kappa shape index (κ3) is 2.40. The first-order valence-electron chi connectivity index (χ1n) is 7.78. The molecule has 1 aliphatic rings. The Labute approximate surface area is 141 Å². The van der Waals surface area contributed by atoms with E-state index in [0.29, 0.717) is 11.3 Å². The molecule has 0 saturated carbocycles. The topological polar surface area (TPSA) is 57.6 Å². The Bertz CT molecular complexity index is 909. The van der Waals surface area contributed by atoms with Crippen molar-refractivity contribution in [3.05, 3.63) is 70.0 Å². The summed E-state index contributed by atoms with van der Waals surface area (Å²) in [5.74, 6) is -1.67. The fourth-order valence-electron chi connectivity index (χ4n) is 2.95. The smallest absolute Gasteiger partial charge is 0.301 e. The van der Waals surface area contributed by atoms with E-state index < -0.39 is 17.6 Å². The lowest BCUT2D eigenvalue weighted by Crippen LogP contribution is -2.32. The number of rotatable bonds is 2. The third-order valence-corrected chi connectivity index (χ3v) is 4.45. The van der Waals surface area contributed by atoms with Gasteiger partial charge < -0.3 is 5.11 Å². The van der Waals surface area contributed by atoms with Gasteiger partial charge >= 0.3 is 5.91 Å². The van der Waals surface area contributed by atoms with E-state index in [-0.39, 0.29) is 5.57 Å². The lowest BCUT2D eigenvalue weighted by atomic mass is 10.00. The summed E-state index contributed by atoms with van der Waals surface area (Å²) in [5.41, 5.74) is 5.05. The molecule has 0 unspecified atom stereocenters. The molecule has 4 nitrogen and oxygen atoms in total. The van der Waals surface area contributed by atoms with Gasteiger partial charge in [0.1, 0.15) is 0 Å². The SMILES string of the molecule is Cc1ccc(N2C(=O)C(O)=C(c3ccc(C)c(C)c3)C2=O)c(C)c1. The first-order chi connectivity index (χ1) is 11.3. The molecular formula is C20H19NO3. The van der Waals surface area contributed by atoms with Crippen LogP contribution in [0.2, 0.25) is 0 Å². The van der Waals surface area contributed by atoms with Crippen LogP contribution in [0.25, 0.3) is 5.57 Å². The van der Waals surface area contributed by atoms with Crippen molar-refractivity contribution in [1.82, 2.24) is 0 Å². The normalized spacial score (nSPS) is 14.8. The molecule has 1 N–H and O–H groups in total. The number of aryl methyl sites for hydroxylation is 4. The van der Waals surface area contributed by atoms with Crippen molar-refractivity contribution in [2.75, 3.05) is 4.90 Å². The lowest BCUT2D eigenvalue weighted by molar-refractivity contribution is -0.121. The molecule has 0 aromatic heterocycles. The highest BCUT2D eigenvalue weighted by Crippen LogP contribution is 2.34. The molecule has 0 saturated heterocycles. The molecule has 1 aliphatic heterocycles. The van der Waals surface area contributed by atoms with Gasteiger partial charge in [0.05, 0.1) is 11.3 Å². The molecule has 0 spiro atoms. The number of carbonyl (C=O) groups excluding carboxylic acids is 2. The molecular weight excluding hydrogens is 302 g/mol. The van der Waals surface area contributed by atoms with Gasteiger partial charge in [0.15, 0.2) is 5.76 Å². The van der Waals surface area contributed by atoms with Gasteiger partial charge in [-0.1, -0.05) is 35.9 Å². The van der Waals surface area contributed by atoms with Crippen LogP contribution in [-0.4, -0.2) is 16.9 Å². The van der Waals surface area contributed by atoms with E-state index in [4.69, 9.17) is 0 Å². The molecule has 2 aromatic carbocycles. The van der Waals surface area contributed by atoms with Crippen LogP contribution in [0, 0.1) is 27.7 Å². The summed E-state index contributed by atoms with van der Waals surface area (Å²) in [6, 6.07) is 10.9. The first kappa shape index (κ1) is 16.0. The van der Waals surface area contributed by atoms with E-state index in [9.17, 15) is 14.7 Å². The zero-order valence-corrected chi connectivity index (χ0v) is 14.2. The predicted molar refractivity (Wildman–Crippen MR) is 93.9 cm³/mol. The number of benzene rings is 2. The fourth-order valence-corrected chi connectivity index (χ4v) is 2.95. The third-order valence-electron chi connectivity index (χ3n) is 4.45. The van der Waals surface area contributed by atoms with Crippen molar-refractivity contribution >= 4 is 23.1 Å². The van der Waals surface area contributed by atoms with E-state index in [1.54, 1.807) is 12.1 Å². The van der Waals surface area contributed by atoms with Gasteiger partial charge in [0, 0.05) is 0 Å². The average Bonchev–Trinajstić information content (AvgIpc) is 2.73. The Kier molecular flexibility index (Phi) is 3.76. The maximum atomic E-state index is 12.8. The summed E-state index contributed by atoms with van der Waals surface area (Å²) in [6.07, 6.45) is 0. The highest BCUT2D eigenvalue weighted by Gasteiger charge is 2.40. The van der Waals surface area contributed by atoms with Gasteiger partial charge in [-0.05, 0) is 56.0 Å². The summed E-state index contributed by atoms with van der Waals surface area (Å²) in [7, 11) is 0. The van der Waals surface area contributed by atoms with E-state index >= 15 is 0 Å². The van der Waals surface area contributed by atoms with Crippen molar-refractivity contribution < 1.29 is 14.7 Å². The van der Waals surface area contributed by atoms with Crippen LogP contribution in [0.3, 0.4) is 0 Å². The van der Waals surface area contributed by atoms with Crippen molar-refractivity contribution in [2.45, 2.75) is 27.7 Å². The number of hydrogen-bond acceptors (Lipinski definition) is 3. The van der Waals surface area contributed by atoms with Gasteiger partial charge in [-0.3, -0.25) is 9.59 Å². The number of anilines is 1. The highest BCUT2D eigenvalue weighted by atomic mass is 16.3.